The molecule has 8 heavy (non-hydrogen) atoms. The van der Waals surface area contributed by atoms with Gasteiger partial charge in [0.15, 0.2) is 4.32 Å². The van der Waals surface area contributed by atoms with Crippen LogP contribution in [0.5, 0.6) is 0 Å². The standard InChI is InChI=1S/C3H6N2S2.Na.H/c1-2-5-7-3(4)6;;/h2H,1H3,(H2,4,6);;. The summed E-state index contributed by atoms with van der Waals surface area (Å²) in [5.74, 6) is 0. The van der Waals surface area contributed by atoms with Crippen LogP contribution >= 0.6 is 24.2 Å². The zero-order valence-corrected chi connectivity index (χ0v) is 5.55. The number of thiocarbonyl (C=S) groups is 1. The minimum absolute atomic E-state index is 0. The fourth-order valence-electron chi connectivity index (χ4n) is 0.105. The number of hydrogen-bond acceptors (Lipinski definition) is 3. The van der Waals surface area contributed by atoms with Gasteiger partial charge in [-0.25, -0.2) is 4.40 Å². The Bertz CT molecular complexity index is 93.3. The van der Waals surface area contributed by atoms with Crippen LogP contribution in [0.4, 0.5) is 0 Å². The molecule has 0 aliphatic rings. The van der Waals surface area contributed by atoms with Crippen molar-refractivity contribution in [2.24, 2.45) is 10.1 Å². The van der Waals surface area contributed by atoms with Crippen LogP contribution in [0.3, 0.4) is 0 Å². The molecule has 2 nitrogen and oxygen atoms in total. The molecular formula is C3H7N2NaS2. The summed E-state index contributed by atoms with van der Waals surface area (Å²) in [6.45, 7) is 1.81. The second-order valence-electron chi connectivity index (χ2n) is 0.774. The van der Waals surface area contributed by atoms with Crippen LogP contribution in [-0.4, -0.2) is 40.1 Å². The number of nitrogens with two attached hydrogens (primary N) is 1. The number of nitrogens with zero attached hydrogens (tertiary/aromatic N) is 1. The van der Waals surface area contributed by atoms with E-state index in [1.807, 2.05) is 6.92 Å². The van der Waals surface area contributed by atoms with Gasteiger partial charge in [-0.15, -0.1) is 0 Å². The van der Waals surface area contributed by atoms with Gasteiger partial charge in [-0.3, -0.25) is 0 Å². The van der Waals surface area contributed by atoms with E-state index in [0.29, 0.717) is 4.32 Å². The van der Waals surface area contributed by atoms with Gasteiger partial charge in [0.2, 0.25) is 0 Å². The van der Waals surface area contributed by atoms with Crippen molar-refractivity contribution >= 4 is 64.3 Å². The minimum atomic E-state index is 0. The molecule has 0 bridgehead atoms. The molecule has 0 fully saturated rings. The first kappa shape index (κ1) is 11.7. The average Bonchev–Trinajstić information content (AvgIpc) is 1.61. The maximum atomic E-state index is 5.06. The third kappa shape index (κ3) is 10.0. The van der Waals surface area contributed by atoms with Gasteiger partial charge in [0.05, 0.1) is 0 Å². The summed E-state index contributed by atoms with van der Waals surface area (Å²) in [4.78, 5) is 0. The Hall–Kier alpha value is 0.910. The van der Waals surface area contributed by atoms with E-state index >= 15 is 0 Å². The molecule has 0 aliphatic heterocycles. The van der Waals surface area contributed by atoms with E-state index < -0.39 is 0 Å². The molecule has 2 N–H and O–H groups in total. The van der Waals surface area contributed by atoms with Crippen molar-refractivity contribution in [1.29, 1.82) is 0 Å². The zero-order chi connectivity index (χ0) is 5.70. The van der Waals surface area contributed by atoms with E-state index in [9.17, 15) is 0 Å². The normalized spacial score (nSPS) is 8.62. The second kappa shape index (κ2) is 7.91. The van der Waals surface area contributed by atoms with Crippen LogP contribution in [0, 0.1) is 0 Å². The summed E-state index contributed by atoms with van der Waals surface area (Å²) in [6.07, 6.45) is 1.64. The van der Waals surface area contributed by atoms with Gasteiger partial charge in [-0.1, -0.05) is 12.2 Å². The molecule has 0 saturated carbocycles. The summed E-state index contributed by atoms with van der Waals surface area (Å²) < 4.78 is 4.06. The Balaban J connectivity index is 0. The van der Waals surface area contributed by atoms with Crippen molar-refractivity contribution in [3.8, 4) is 0 Å². The molecule has 5 heteroatoms. The average molecular weight is 158 g/mol. The molecule has 0 unspecified atom stereocenters. The Morgan fingerprint density at radius 3 is 2.50 bits per heavy atom. The molecule has 0 saturated heterocycles. The first-order valence-corrected chi connectivity index (χ1v) is 2.90. The molecule has 0 aromatic heterocycles. The van der Waals surface area contributed by atoms with E-state index in [-0.39, 0.29) is 29.6 Å². The van der Waals surface area contributed by atoms with Gasteiger partial charge in [0, 0.05) is 18.2 Å². The number of hydrogen-bond donors (Lipinski definition) is 1. The van der Waals surface area contributed by atoms with E-state index in [1.165, 1.54) is 0 Å². The van der Waals surface area contributed by atoms with E-state index in [0.717, 1.165) is 11.9 Å². The van der Waals surface area contributed by atoms with E-state index in [2.05, 4.69) is 16.6 Å². The Morgan fingerprint density at radius 2 is 2.38 bits per heavy atom. The zero-order valence-electron chi connectivity index (χ0n) is 3.92. The first-order valence-electron chi connectivity index (χ1n) is 1.72. The van der Waals surface area contributed by atoms with Gasteiger partial charge in [0.25, 0.3) is 0 Å². The predicted octanol–water partition coefficient (Wildman–Crippen LogP) is 0.320. The van der Waals surface area contributed by atoms with E-state index in [4.69, 9.17) is 5.73 Å². The molecule has 42 valence electrons. The molecule has 0 rings (SSSR count). The van der Waals surface area contributed by atoms with Crippen molar-refractivity contribution in [3.63, 3.8) is 0 Å². The molecule has 0 aromatic carbocycles. The molecule has 0 heterocycles. The van der Waals surface area contributed by atoms with Crippen LogP contribution in [0.25, 0.3) is 0 Å². The van der Waals surface area contributed by atoms with Crippen molar-refractivity contribution in [3.05, 3.63) is 0 Å². The topological polar surface area (TPSA) is 38.4 Å². The molecule has 0 atom stereocenters. The van der Waals surface area contributed by atoms with Crippen molar-refractivity contribution in [2.45, 2.75) is 6.92 Å². The summed E-state index contributed by atoms with van der Waals surface area (Å²) in [7, 11) is 0. The summed E-state index contributed by atoms with van der Waals surface area (Å²) >= 11 is 5.60. The van der Waals surface area contributed by atoms with Crippen molar-refractivity contribution < 1.29 is 0 Å². The quantitative estimate of drug-likeness (QED) is 0.258. The van der Waals surface area contributed by atoms with Crippen molar-refractivity contribution in [1.82, 2.24) is 0 Å². The van der Waals surface area contributed by atoms with Crippen LogP contribution in [0.1, 0.15) is 6.92 Å². The monoisotopic (exact) mass is 158 g/mol. The molecule has 0 radical (unpaired) electrons. The summed E-state index contributed by atoms with van der Waals surface area (Å²) in [6, 6.07) is 0. The molecule has 0 aliphatic carbocycles. The second-order valence-corrected chi connectivity index (χ2v) is 2.31. The van der Waals surface area contributed by atoms with Crippen molar-refractivity contribution in [2.75, 3.05) is 0 Å². The van der Waals surface area contributed by atoms with Crippen LogP contribution in [-0.2, 0) is 0 Å². The summed E-state index contributed by atoms with van der Waals surface area (Å²) in [5, 5.41) is 0. The third-order valence-corrected chi connectivity index (χ3v) is 0.968. The Morgan fingerprint density at radius 1 is 1.88 bits per heavy atom. The van der Waals surface area contributed by atoms with Gasteiger partial charge < -0.3 is 5.73 Å². The predicted molar refractivity (Wildman–Crippen MR) is 45.7 cm³/mol. The van der Waals surface area contributed by atoms with Gasteiger partial charge in [0.1, 0.15) is 0 Å². The van der Waals surface area contributed by atoms with Gasteiger partial charge in [-0.05, 0) is 6.92 Å². The number of rotatable bonds is 1. The van der Waals surface area contributed by atoms with Crippen LogP contribution in [0.2, 0.25) is 0 Å². The molecule has 0 spiro atoms. The van der Waals surface area contributed by atoms with E-state index in [1.54, 1.807) is 6.21 Å². The van der Waals surface area contributed by atoms with Gasteiger partial charge in [-0.2, -0.15) is 0 Å². The first-order chi connectivity index (χ1) is 3.27. The third-order valence-electron chi connectivity index (χ3n) is 0.248. The fourth-order valence-corrected chi connectivity index (χ4v) is 0.443. The summed E-state index contributed by atoms with van der Waals surface area (Å²) in [5.41, 5.74) is 5.06. The molecular weight excluding hydrogens is 151 g/mol. The van der Waals surface area contributed by atoms with Crippen LogP contribution in [0.15, 0.2) is 4.40 Å². The van der Waals surface area contributed by atoms with Crippen LogP contribution < -0.4 is 5.73 Å². The van der Waals surface area contributed by atoms with Gasteiger partial charge >= 0.3 is 29.6 Å². The fraction of sp³-hybridized carbons (Fsp3) is 0.333. The Labute approximate surface area is 80.7 Å². The Kier molecular flexibility index (Phi) is 11.5. The molecule has 0 amide bonds. The molecule has 0 aromatic rings. The maximum absolute atomic E-state index is 5.06. The SMILES string of the molecule is CC=NSC(N)=S.[NaH].